The van der Waals surface area contributed by atoms with E-state index in [0.29, 0.717) is 29.5 Å². The molecule has 1 heterocycles. The van der Waals surface area contributed by atoms with Crippen LogP contribution in [0.15, 0.2) is 66.7 Å². The van der Waals surface area contributed by atoms with Crippen molar-refractivity contribution in [3.05, 3.63) is 83.4 Å². The molecule has 1 N–H and O–H groups in total. The summed E-state index contributed by atoms with van der Waals surface area (Å²) in [5.41, 5.74) is 3.39. The first-order valence-corrected chi connectivity index (χ1v) is 12.5. The third kappa shape index (κ3) is 5.99. The van der Waals surface area contributed by atoms with E-state index in [0.717, 1.165) is 16.7 Å². The van der Waals surface area contributed by atoms with Gasteiger partial charge in [0, 0.05) is 6.54 Å². The van der Waals surface area contributed by atoms with Crippen molar-refractivity contribution in [1.29, 1.82) is 0 Å². The summed E-state index contributed by atoms with van der Waals surface area (Å²) in [6.45, 7) is 2.57. The summed E-state index contributed by atoms with van der Waals surface area (Å²) in [6.07, 6.45) is 1.18. The summed E-state index contributed by atoms with van der Waals surface area (Å²) in [6, 6.07) is 19.8. The topological polar surface area (TPSA) is 94.2 Å². The van der Waals surface area contributed by atoms with Crippen LogP contribution in [0, 0.1) is 6.92 Å². The number of carbonyl (C=O) groups excluding carboxylic acids is 1. The van der Waals surface area contributed by atoms with E-state index < -0.39 is 10.0 Å². The predicted molar refractivity (Wildman–Crippen MR) is 129 cm³/mol. The number of hydrogen-bond donors (Lipinski definition) is 1. The third-order valence-corrected chi connectivity index (χ3v) is 6.41. The predicted octanol–water partition coefficient (Wildman–Crippen LogP) is 3.39. The van der Waals surface area contributed by atoms with Crippen LogP contribution in [0.1, 0.15) is 16.7 Å². The van der Waals surface area contributed by atoms with Crippen LogP contribution in [0.5, 0.6) is 17.2 Å². The highest BCUT2D eigenvalue weighted by atomic mass is 32.2. The van der Waals surface area contributed by atoms with E-state index in [1.165, 1.54) is 10.6 Å². The molecule has 4 rings (SSSR count). The molecule has 0 fully saturated rings. The van der Waals surface area contributed by atoms with Crippen molar-refractivity contribution < 1.29 is 27.4 Å². The van der Waals surface area contributed by atoms with Crippen LogP contribution < -0.4 is 23.8 Å². The fourth-order valence-electron chi connectivity index (χ4n) is 3.42. The Labute approximate surface area is 199 Å². The Morgan fingerprint density at radius 2 is 1.65 bits per heavy atom. The Bertz CT molecular complexity index is 1260. The van der Waals surface area contributed by atoms with Gasteiger partial charge in [-0.2, -0.15) is 0 Å². The molecule has 0 aromatic heterocycles. The number of sulfonamides is 1. The number of rotatable bonds is 9. The molecule has 1 aliphatic rings. The molecule has 0 aliphatic carbocycles. The van der Waals surface area contributed by atoms with Gasteiger partial charge in [0.05, 0.1) is 18.5 Å². The summed E-state index contributed by atoms with van der Waals surface area (Å²) in [5, 5.41) is 2.79. The molecule has 0 saturated heterocycles. The Balaban J connectivity index is 1.32. The Hall–Kier alpha value is -3.72. The van der Waals surface area contributed by atoms with Crippen molar-refractivity contribution >= 4 is 21.6 Å². The summed E-state index contributed by atoms with van der Waals surface area (Å²) >= 11 is 0. The minimum atomic E-state index is -3.49. The standard InChI is InChI=1S/C25H26N2O6S/c1-18-3-5-19(6-4-18)15-27(34(2,29)30)21-8-10-22(11-9-21)31-16-25(28)26-14-20-7-12-23-24(13-20)33-17-32-23/h3-13H,14-17H2,1-2H3,(H,26,28). The number of carbonyl (C=O) groups is 1. The number of anilines is 1. The molecule has 0 bridgehead atoms. The highest BCUT2D eigenvalue weighted by Crippen LogP contribution is 2.32. The summed E-state index contributed by atoms with van der Waals surface area (Å²) in [5.74, 6) is 1.54. The zero-order valence-electron chi connectivity index (χ0n) is 19.0. The fourth-order valence-corrected chi connectivity index (χ4v) is 4.31. The number of hydrogen-bond acceptors (Lipinski definition) is 6. The van der Waals surface area contributed by atoms with Gasteiger partial charge in [-0.1, -0.05) is 35.9 Å². The first kappa shape index (κ1) is 23.4. The SMILES string of the molecule is Cc1ccc(CN(c2ccc(OCC(=O)NCc3ccc4c(c3)OCO4)cc2)S(C)(=O)=O)cc1. The van der Waals surface area contributed by atoms with Crippen LogP contribution in [0.2, 0.25) is 0 Å². The molecule has 1 amide bonds. The van der Waals surface area contributed by atoms with E-state index in [2.05, 4.69) is 5.32 Å². The monoisotopic (exact) mass is 482 g/mol. The van der Waals surface area contributed by atoms with Gasteiger partial charge in [0.15, 0.2) is 18.1 Å². The van der Waals surface area contributed by atoms with Gasteiger partial charge in [-0.3, -0.25) is 9.10 Å². The van der Waals surface area contributed by atoms with E-state index in [-0.39, 0.29) is 25.9 Å². The van der Waals surface area contributed by atoms with Crippen LogP contribution in [0.25, 0.3) is 0 Å². The molecule has 0 unspecified atom stereocenters. The van der Waals surface area contributed by atoms with Gasteiger partial charge in [-0.15, -0.1) is 0 Å². The molecular formula is C25H26N2O6S. The molecule has 0 saturated carbocycles. The summed E-state index contributed by atoms with van der Waals surface area (Å²) in [7, 11) is -3.49. The molecule has 0 spiro atoms. The van der Waals surface area contributed by atoms with Gasteiger partial charge < -0.3 is 19.5 Å². The lowest BCUT2D eigenvalue weighted by Gasteiger charge is -2.23. The van der Waals surface area contributed by atoms with Crippen LogP contribution in [-0.4, -0.2) is 34.0 Å². The first-order chi connectivity index (χ1) is 16.3. The van der Waals surface area contributed by atoms with Crippen LogP contribution >= 0.6 is 0 Å². The Kier molecular flexibility index (Phi) is 6.93. The number of fused-ring (bicyclic) bond motifs is 1. The molecule has 1 aliphatic heterocycles. The van der Waals surface area contributed by atoms with Gasteiger partial charge in [0.2, 0.25) is 16.8 Å². The number of aryl methyl sites for hydroxylation is 1. The van der Waals surface area contributed by atoms with E-state index in [1.807, 2.05) is 43.3 Å². The molecule has 0 atom stereocenters. The molecule has 178 valence electrons. The lowest BCUT2D eigenvalue weighted by molar-refractivity contribution is -0.123. The zero-order valence-corrected chi connectivity index (χ0v) is 19.8. The van der Waals surface area contributed by atoms with Crippen LogP contribution in [0.3, 0.4) is 0 Å². The lowest BCUT2D eigenvalue weighted by atomic mass is 10.1. The van der Waals surface area contributed by atoms with Crippen molar-refractivity contribution in [2.24, 2.45) is 0 Å². The Morgan fingerprint density at radius 1 is 0.971 bits per heavy atom. The maximum absolute atomic E-state index is 12.4. The first-order valence-electron chi connectivity index (χ1n) is 10.7. The molecule has 34 heavy (non-hydrogen) atoms. The van der Waals surface area contributed by atoms with Gasteiger partial charge in [0.1, 0.15) is 5.75 Å². The van der Waals surface area contributed by atoms with Gasteiger partial charge in [-0.05, 0) is 54.4 Å². The second-order valence-electron chi connectivity index (χ2n) is 8.00. The third-order valence-electron chi connectivity index (χ3n) is 5.27. The summed E-state index contributed by atoms with van der Waals surface area (Å²) < 4.78 is 42.3. The zero-order chi connectivity index (χ0) is 24.1. The molecule has 0 radical (unpaired) electrons. The molecule has 8 nitrogen and oxygen atoms in total. The number of nitrogens with zero attached hydrogens (tertiary/aromatic N) is 1. The van der Waals surface area contributed by atoms with Gasteiger partial charge >= 0.3 is 0 Å². The quantitative estimate of drug-likeness (QED) is 0.503. The molecular weight excluding hydrogens is 456 g/mol. The largest absolute Gasteiger partial charge is 0.484 e. The fraction of sp³-hybridized carbons (Fsp3) is 0.240. The number of amides is 1. The second-order valence-corrected chi connectivity index (χ2v) is 9.91. The van der Waals surface area contributed by atoms with Crippen molar-refractivity contribution in [1.82, 2.24) is 5.32 Å². The van der Waals surface area contributed by atoms with Gasteiger partial charge in [0.25, 0.3) is 5.91 Å². The smallest absolute Gasteiger partial charge is 0.258 e. The average Bonchev–Trinajstić information content (AvgIpc) is 3.29. The molecule has 3 aromatic rings. The highest BCUT2D eigenvalue weighted by molar-refractivity contribution is 7.92. The highest BCUT2D eigenvalue weighted by Gasteiger charge is 2.18. The minimum Gasteiger partial charge on any atom is -0.484 e. The maximum atomic E-state index is 12.4. The van der Waals surface area contributed by atoms with Crippen LogP contribution in [0.4, 0.5) is 5.69 Å². The second kappa shape index (κ2) is 10.0. The summed E-state index contributed by atoms with van der Waals surface area (Å²) in [4.78, 5) is 12.2. The van der Waals surface area contributed by atoms with Gasteiger partial charge in [-0.25, -0.2) is 8.42 Å². The van der Waals surface area contributed by atoms with E-state index in [1.54, 1.807) is 30.3 Å². The van der Waals surface area contributed by atoms with Crippen LogP contribution in [-0.2, 0) is 27.9 Å². The number of benzene rings is 3. The van der Waals surface area contributed by atoms with E-state index >= 15 is 0 Å². The maximum Gasteiger partial charge on any atom is 0.258 e. The van der Waals surface area contributed by atoms with E-state index in [9.17, 15) is 13.2 Å². The lowest BCUT2D eigenvalue weighted by Crippen LogP contribution is -2.29. The number of nitrogens with one attached hydrogen (secondary N) is 1. The van der Waals surface area contributed by atoms with Crippen molar-refractivity contribution in [2.75, 3.05) is 24.0 Å². The van der Waals surface area contributed by atoms with Crippen molar-refractivity contribution in [3.63, 3.8) is 0 Å². The van der Waals surface area contributed by atoms with Crippen molar-refractivity contribution in [3.8, 4) is 17.2 Å². The van der Waals surface area contributed by atoms with Crippen molar-refractivity contribution in [2.45, 2.75) is 20.0 Å². The Morgan fingerprint density at radius 3 is 2.35 bits per heavy atom. The molecule has 3 aromatic carbocycles. The minimum absolute atomic E-state index is 0.164. The molecule has 9 heteroatoms. The normalized spacial score (nSPS) is 12.3. The average molecular weight is 483 g/mol. The van der Waals surface area contributed by atoms with E-state index in [4.69, 9.17) is 14.2 Å². The number of ether oxygens (including phenoxy) is 3.